The van der Waals surface area contributed by atoms with Crippen molar-refractivity contribution in [2.24, 2.45) is 0 Å². The zero-order valence-electron chi connectivity index (χ0n) is 15.3. The SMILES string of the molecule is CCC(=O)OC.OC[C@H]1O[C@@H](c2occc3cc(O)c(O)c2-3)[C@H](O)[C@@H](O)[C@@H]1O. The Hall–Kier alpha value is -2.37. The van der Waals surface area contributed by atoms with Crippen molar-refractivity contribution in [3.8, 4) is 22.6 Å². The van der Waals surface area contributed by atoms with Crippen molar-refractivity contribution in [1.82, 2.24) is 0 Å². The van der Waals surface area contributed by atoms with Gasteiger partial charge in [-0.05, 0) is 17.7 Å². The lowest BCUT2D eigenvalue weighted by Crippen LogP contribution is -2.55. The zero-order chi connectivity index (χ0) is 21.0. The predicted octanol–water partition coefficient (Wildman–Crippen LogP) is -0.120. The third-order valence-corrected chi connectivity index (χ3v) is 4.42. The highest BCUT2D eigenvalue weighted by Crippen LogP contribution is 2.48. The Bertz CT molecular complexity index is 749. The molecule has 2 heterocycles. The number of hydrogen-bond acceptors (Lipinski definition) is 10. The molecule has 0 aromatic heterocycles. The summed E-state index contributed by atoms with van der Waals surface area (Å²) in [5.41, 5.74) is 0.581. The largest absolute Gasteiger partial charge is 0.504 e. The molecule has 0 saturated carbocycles. The summed E-state index contributed by atoms with van der Waals surface area (Å²) in [6.07, 6.45) is -5.17. The Balaban J connectivity index is 0.000000409. The van der Waals surface area contributed by atoms with Crippen LogP contribution in [-0.2, 0) is 14.3 Å². The number of ether oxygens (including phenoxy) is 2. The van der Waals surface area contributed by atoms with Gasteiger partial charge in [-0.1, -0.05) is 6.92 Å². The molecule has 28 heavy (non-hydrogen) atoms. The number of rotatable bonds is 3. The van der Waals surface area contributed by atoms with Crippen LogP contribution in [0.25, 0.3) is 11.1 Å². The Morgan fingerprint density at radius 3 is 2.39 bits per heavy atom. The van der Waals surface area contributed by atoms with E-state index in [1.807, 2.05) is 0 Å². The average molecular weight is 400 g/mol. The van der Waals surface area contributed by atoms with E-state index < -0.39 is 42.9 Å². The van der Waals surface area contributed by atoms with Crippen LogP contribution in [-0.4, -0.2) is 74.7 Å². The molecule has 1 saturated heterocycles. The summed E-state index contributed by atoms with van der Waals surface area (Å²) in [4.78, 5) is 9.96. The van der Waals surface area contributed by atoms with E-state index in [0.717, 1.165) is 0 Å². The molecule has 2 aliphatic heterocycles. The fraction of sp³-hybridized carbons (Fsp3) is 0.500. The maximum atomic E-state index is 10.1. The van der Waals surface area contributed by atoms with Gasteiger partial charge in [-0.25, -0.2) is 0 Å². The number of carbonyl (C=O) groups is 1. The fourth-order valence-corrected chi connectivity index (χ4v) is 2.85. The lowest BCUT2D eigenvalue weighted by molar-refractivity contribution is -0.235. The second kappa shape index (κ2) is 9.22. The van der Waals surface area contributed by atoms with E-state index in [2.05, 4.69) is 4.74 Å². The number of esters is 1. The van der Waals surface area contributed by atoms with Gasteiger partial charge < -0.3 is 44.5 Å². The van der Waals surface area contributed by atoms with Crippen molar-refractivity contribution < 1.29 is 49.3 Å². The molecule has 0 spiro atoms. The molecule has 1 aliphatic carbocycles. The van der Waals surface area contributed by atoms with Crippen molar-refractivity contribution in [1.29, 1.82) is 0 Å². The first-order chi connectivity index (χ1) is 13.3. The van der Waals surface area contributed by atoms with Crippen LogP contribution in [0, 0.1) is 0 Å². The predicted molar refractivity (Wildman–Crippen MR) is 93.7 cm³/mol. The molecular formula is C18H24O10. The minimum Gasteiger partial charge on any atom is -0.504 e. The van der Waals surface area contributed by atoms with E-state index in [9.17, 15) is 35.4 Å². The fourth-order valence-electron chi connectivity index (χ4n) is 2.85. The van der Waals surface area contributed by atoms with Gasteiger partial charge in [-0.3, -0.25) is 4.79 Å². The normalized spacial score (nSPS) is 27.1. The molecule has 0 aromatic carbocycles. The molecule has 156 valence electrons. The highest BCUT2D eigenvalue weighted by atomic mass is 16.6. The Morgan fingerprint density at radius 2 is 1.86 bits per heavy atom. The summed E-state index contributed by atoms with van der Waals surface area (Å²) < 4.78 is 14.9. The number of aromatic hydroxyl groups is 2. The summed E-state index contributed by atoms with van der Waals surface area (Å²) in [6.45, 7) is 1.18. The maximum Gasteiger partial charge on any atom is 0.305 e. The molecule has 6 N–H and O–H groups in total. The molecule has 0 radical (unpaired) electrons. The molecule has 5 atom stereocenters. The average Bonchev–Trinajstić information content (AvgIpc) is 3.00. The quantitative estimate of drug-likeness (QED) is 0.382. The zero-order valence-corrected chi connectivity index (χ0v) is 15.3. The molecule has 3 aliphatic rings. The molecule has 10 heteroatoms. The van der Waals surface area contributed by atoms with Gasteiger partial charge in [-0.15, -0.1) is 0 Å². The van der Waals surface area contributed by atoms with E-state index >= 15 is 0 Å². The molecule has 0 amide bonds. The van der Waals surface area contributed by atoms with Crippen LogP contribution in [0.4, 0.5) is 0 Å². The summed E-state index contributed by atoms with van der Waals surface area (Å²) in [6, 6.07) is 2.82. The highest BCUT2D eigenvalue weighted by molar-refractivity contribution is 5.80. The number of hydrogen-bond donors (Lipinski definition) is 6. The topological polar surface area (TPSA) is 170 Å². The first kappa shape index (κ1) is 21.9. The monoisotopic (exact) mass is 400 g/mol. The minimum absolute atomic E-state index is 0.0211. The maximum absolute atomic E-state index is 10.1. The smallest absolute Gasteiger partial charge is 0.305 e. The van der Waals surface area contributed by atoms with Crippen molar-refractivity contribution in [3.05, 3.63) is 24.2 Å². The molecule has 3 rings (SSSR count). The van der Waals surface area contributed by atoms with Crippen LogP contribution in [0.1, 0.15) is 25.2 Å². The first-order valence-corrected chi connectivity index (χ1v) is 8.56. The van der Waals surface area contributed by atoms with E-state index in [0.29, 0.717) is 12.0 Å². The molecular weight excluding hydrogens is 376 g/mol. The summed E-state index contributed by atoms with van der Waals surface area (Å²) >= 11 is 0. The summed E-state index contributed by atoms with van der Waals surface area (Å²) in [7, 11) is 1.38. The van der Waals surface area contributed by atoms with Gasteiger partial charge >= 0.3 is 5.97 Å². The standard InChI is InChI=1S/C14H16O8.C4H8O2/c15-4-7-10(18)11(19)12(20)14(22-7)13-8-5(1-2-21-13)3-6(16)9(8)17;1-3-4(5)6-2/h1-3,7,10-12,14-20H,4H2;3H2,1-2H3/t7-,10-,11+,12-,14-;/m1./s1. The lowest BCUT2D eigenvalue weighted by Gasteiger charge is -2.39. The number of methoxy groups -OCH3 is 1. The first-order valence-electron chi connectivity index (χ1n) is 8.56. The molecule has 0 aromatic rings. The number of fused-ring (bicyclic) bond motifs is 1. The van der Waals surface area contributed by atoms with Gasteiger partial charge in [0.2, 0.25) is 0 Å². The van der Waals surface area contributed by atoms with Crippen LogP contribution >= 0.6 is 0 Å². The number of aliphatic hydroxyl groups is 4. The van der Waals surface area contributed by atoms with Crippen molar-refractivity contribution in [2.75, 3.05) is 13.7 Å². The molecule has 0 bridgehead atoms. The van der Waals surface area contributed by atoms with Gasteiger partial charge in [0.05, 0.1) is 25.5 Å². The van der Waals surface area contributed by atoms with Gasteiger partial charge in [0.1, 0.15) is 36.3 Å². The summed E-state index contributed by atoms with van der Waals surface area (Å²) in [5, 5.41) is 58.5. The van der Waals surface area contributed by atoms with Gasteiger partial charge in [0.25, 0.3) is 0 Å². The second-order valence-corrected chi connectivity index (χ2v) is 6.17. The lowest BCUT2D eigenvalue weighted by atomic mass is 9.91. The number of carbonyl (C=O) groups excluding carboxylic acids is 1. The number of aliphatic hydroxyl groups excluding tert-OH is 4. The van der Waals surface area contributed by atoms with Gasteiger partial charge in [0, 0.05) is 6.42 Å². The van der Waals surface area contributed by atoms with Crippen LogP contribution in [0.2, 0.25) is 0 Å². The molecule has 10 nitrogen and oxygen atoms in total. The van der Waals surface area contributed by atoms with Crippen LogP contribution < -0.4 is 0 Å². The van der Waals surface area contributed by atoms with Crippen LogP contribution in [0.15, 0.2) is 22.8 Å². The van der Waals surface area contributed by atoms with E-state index in [4.69, 9.17) is 9.15 Å². The van der Waals surface area contributed by atoms with E-state index in [-0.39, 0.29) is 23.0 Å². The molecule has 0 unspecified atom stereocenters. The van der Waals surface area contributed by atoms with E-state index in [1.165, 1.54) is 25.5 Å². The van der Waals surface area contributed by atoms with E-state index in [1.54, 1.807) is 6.92 Å². The minimum atomic E-state index is -1.56. The van der Waals surface area contributed by atoms with Crippen molar-refractivity contribution in [2.45, 2.75) is 43.9 Å². The van der Waals surface area contributed by atoms with Crippen LogP contribution in [0.5, 0.6) is 11.5 Å². The van der Waals surface area contributed by atoms with Gasteiger partial charge in [-0.2, -0.15) is 0 Å². The van der Waals surface area contributed by atoms with Crippen molar-refractivity contribution >= 4 is 5.97 Å². The van der Waals surface area contributed by atoms with Crippen LogP contribution in [0.3, 0.4) is 0 Å². The van der Waals surface area contributed by atoms with Gasteiger partial charge in [0.15, 0.2) is 11.5 Å². The Morgan fingerprint density at radius 1 is 1.18 bits per heavy atom. The Labute approximate surface area is 160 Å². The molecule has 1 fully saturated rings. The Kier molecular flexibility index (Phi) is 7.22. The third kappa shape index (κ3) is 4.21. The van der Waals surface area contributed by atoms with Crippen molar-refractivity contribution in [3.63, 3.8) is 0 Å². The third-order valence-electron chi connectivity index (χ3n) is 4.42. The highest BCUT2D eigenvalue weighted by Gasteiger charge is 2.46. The summed E-state index contributed by atoms with van der Waals surface area (Å²) in [5.74, 6) is -0.976. The second-order valence-electron chi connectivity index (χ2n) is 6.17.